The van der Waals surface area contributed by atoms with E-state index >= 15 is 0 Å². The fourth-order valence-corrected chi connectivity index (χ4v) is 0.942. The molecule has 0 aromatic rings. The number of ether oxygens (including phenoxy) is 1. The second kappa shape index (κ2) is 2.52. The minimum Gasteiger partial charge on any atom is -0.383 e. The van der Waals surface area contributed by atoms with Crippen molar-refractivity contribution in [1.82, 2.24) is 0 Å². The first-order valence-electron chi connectivity index (χ1n) is 3.19. The Bertz CT molecular complexity index is 159. The first kappa shape index (κ1) is 7.44. The lowest BCUT2D eigenvalue weighted by molar-refractivity contribution is 0.0639. The third-order valence-corrected chi connectivity index (χ3v) is 1.77. The molecule has 1 aliphatic rings. The second-order valence-corrected chi connectivity index (χ2v) is 2.50. The van der Waals surface area contributed by atoms with Crippen LogP contribution in [-0.4, -0.2) is 30.1 Å². The quantitative estimate of drug-likeness (QED) is 0.545. The van der Waals surface area contributed by atoms with Crippen LogP contribution >= 0.6 is 0 Å². The van der Waals surface area contributed by atoms with Crippen LogP contribution in [0.25, 0.3) is 0 Å². The third-order valence-electron chi connectivity index (χ3n) is 1.77. The molecule has 1 saturated heterocycles. The number of hydrogen-bond acceptors (Lipinski definition) is 3. The number of aliphatic hydroxyl groups is 1. The lowest BCUT2D eigenvalue weighted by Crippen LogP contribution is -2.31. The Labute approximate surface area is 59.8 Å². The summed E-state index contributed by atoms with van der Waals surface area (Å²) in [6, 6.07) is 0. The van der Waals surface area contributed by atoms with Crippen molar-refractivity contribution in [2.75, 3.05) is 13.2 Å². The zero-order chi connectivity index (χ0) is 7.61. The highest BCUT2D eigenvalue weighted by Crippen LogP contribution is 2.23. The van der Waals surface area contributed by atoms with Crippen LogP contribution in [0.1, 0.15) is 6.42 Å². The lowest BCUT2D eigenvalue weighted by atomic mass is 9.95. The van der Waals surface area contributed by atoms with Crippen molar-refractivity contribution in [3.8, 4) is 0 Å². The summed E-state index contributed by atoms with van der Waals surface area (Å²) in [7, 11) is 0. The fraction of sp³-hybridized carbons (Fsp3) is 0.571. The van der Waals surface area contributed by atoms with Gasteiger partial charge < -0.3 is 15.3 Å². The lowest BCUT2D eigenvalue weighted by Gasteiger charge is -2.19. The largest absolute Gasteiger partial charge is 0.383 e. The topological polar surface area (TPSA) is 53.3 Å². The van der Waals surface area contributed by atoms with E-state index in [0.717, 1.165) is 6.21 Å². The molecule has 3 heteroatoms. The SMILES string of the molecule is C=C(C=N)C1(O)CCOC1. The molecule has 0 bridgehead atoms. The van der Waals surface area contributed by atoms with E-state index in [4.69, 9.17) is 10.1 Å². The molecule has 0 aliphatic carbocycles. The van der Waals surface area contributed by atoms with Crippen LogP contribution in [0.15, 0.2) is 12.2 Å². The smallest absolute Gasteiger partial charge is 0.116 e. The van der Waals surface area contributed by atoms with Gasteiger partial charge in [0, 0.05) is 19.2 Å². The molecule has 0 amide bonds. The predicted molar refractivity (Wildman–Crippen MR) is 38.3 cm³/mol. The van der Waals surface area contributed by atoms with Gasteiger partial charge in [-0.1, -0.05) is 6.58 Å². The average molecular weight is 141 g/mol. The van der Waals surface area contributed by atoms with Crippen molar-refractivity contribution in [1.29, 1.82) is 5.41 Å². The van der Waals surface area contributed by atoms with E-state index in [1.165, 1.54) is 0 Å². The van der Waals surface area contributed by atoms with Crippen LogP contribution in [0.2, 0.25) is 0 Å². The molecule has 1 fully saturated rings. The van der Waals surface area contributed by atoms with E-state index in [1.807, 2.05) is 0 Å². The molecule has 0 spiro atoms. The second-order valence-electron chi connectivity index (χ2n) is 2.50. The molecule has 1 heterocycles. The Morgan fingerprint density at radius 3 is 2.90 bits per heavy atom. The van der Waals surface area contributed by atoms with Crippen LogP contribution in [-0.2, 0) is 4.74 Å². The number of rotatable bonds is 2. The van der Waals surface area contributed by atoms with Crippen LogP contribution in [0, 0.1) is 5.41 Å². The summed E-state index contributed by atoms with van der Waals surface area (Å²) in [5.74, 6) is 0. The molecule has 3 nitrogen and oxygen atoms in total. The van der Waals surface area contributed by atoms with Crippen molar-refractivity contribution < 1.29 is 9.84 Å². The Morgan fingerprint density at radius 1 is 1.80 bits per heavy atom. The summed E-state index contributed by atoms with van der Waals surface area (Å²) in [6.45, 7) is 4.39. The van der Waals surface area contributed by atoms with Crippen LogP contribution in [0.3, 0.4) is 0 Å². The normalized spacial score (nSPS) is 32.1. The van der Waals surface area contributed by atoms with Crippen molar-refractivity contribution in [2.24, 2.45) is 0 Å². The van der Waals surface area contributed by atoms with Crippen LogP contribution < -0.4 is 0 Å². The van der Waals surface area contributed by atoms with Gasteiger partial charge in [-0.05, 0) is 5.57 Å². The van der Waals surface area contributed by atoms with Crippen molar-refractivity contribution in [3.05, 3.63) is 12.2 Å². The Morgan fingerprint density at radius 2 is 2.50 bits per heavy atom. The maximum Gasteiger partial charge on any atom is 0.116 e. The maximum atomic E-state index is 9.58. The van der Waals surface area contributed by atoms with Gasteiger partial charge in [-0.25, -0.2) is 0 Å². The summed E-state index contributed by atoms with van der Waals surface area (Å²) < 4.78 is 4.97. The fourth-order valence-electron chi connectivity index (χ4n) is 0.942. The van der Waals surface area contributed by atoms with Gasteiger partial charge in [0.2, 0.25) is 0 Å². The minimum absolute atomic E-state index is 0.279. The van der Waals surface area contributed by atoms with E-state index < -0.39 is 5.60 Å². The molecule has 1 unspecified atom stereocenters. The molecule has 10 heavy (non-hydrogen) atoms. The molecule has 0 aromatic carbocycles. The van der Waals surface area contributed by atoms with Gasteiger partial charge in [-0.3, -0.25) is 0 Å². The Balaban J connectivity index is 2.66. The molecule has 1 aliphatic heterocycles. The van der Waals surface area contributed by atoms with Crippen molar-refractivity contribution in [2.45, 2.75) is 12.0 Å². The monoisotopic (exact) mass is 141 g/mol. The molecular formula is C7H11NO2. The van der Waals surface area contributed by atoms with Gasteiger partial charge in [0.1, 0.15) is 5.60 Å². The van der Waals surface area contributed by atoms with Crippen LogP contribution in [0.5, 0.6) is 0 Å². The molecule has 1 atom stereocenters. The highest BCUT2D eigenvalue weighted by Gasteiger charge is 2.33. The average Bonchev–Trinajstić information content (AvgIpc) is 2.36. The number of hydrogen-bond donors (Lipinski definition) is 2. The molecule has 0 radical (unpaired) electrons. The molecular weight excluding hydrogens is 130 g/mol. The molecule has 0 aromatic heterocycles. The zero-order valence-electron chi connectivity index (χ0n) is 5.76. The van der Waals surface area contributed by atoms with Gasteiger partial charge in [0.15, 0.2) is 0 Å². The standard InChI is InChI=1S/C7H11NO2/c1-6(4-8)7(9)2-3-10-5-7/h4,8-9H,1-3,5H2. The highest BCUT2D eigenvalue weighted by molar-refractivity contribution is 5.77. The van der Waals surface area contributed by atoms with E-state index in [0.29, 0.717) is 18.6 Å². The third kappa shape index (κ3) is 1.10. The predicted octanol–water partition coefficient (Wildman–Crippen LogP) is 0.344. The minimum atomic E-state index is -0.957. The number of nitrogens with one attached hydrogen (secondary N) is 1. The van der Waals surface area contributed by atoms with Gasteiger partial charge in [-0.15, -0.1) is 0 Å². The van der Waals surface area contributed by atoms with E-state index in [2.05, 4.69) is 6.58 Å². The van der Waals surface area contributed by atoms with Gasteiger partial charge >= 0.3 is 0 Å². The van der Waals surface area contributed by atoms with Gasteiger partial charge in [0.25, 0.3) is 0 Å². The highest BCUT2D eigenvalue weighted by atomic mass is 16.5. The van der Waals surface area contributed by atoms with Crippen molar-refractivity contribution in [3.63, 3.8) is 0 Å². The van der Waals surface area contributed by atoms with Crippen LogP contribution in [0.4, 0.5) is 0 Å². The first-order valence-corrected chi connectivity index (χ1v) is 3.19. The molecule has 1 rings (SSSR count). The summed E-state index contributed by atoms with van der Waals surface area (Å²) in [4.78, 5) is 0. The molecule has 0 saturated carbocycles. The van der Waals surface area contributed by atoms with E-state index in [-0.39, 0.29) is 6.61 Å². The summed E-state index contributed by atoms with van der Waals surface area (Å²) in [5.41, 5.74) is -0.521. The van der Waals surface area contributed by atoms with Gasteiger partial charge in [-0.2, -0.15) is 0 Å². The summed E-state index contributed by atoms with van der Waals surface area (Å²) in [6.07, 6.45) is 1.63. The zero-order valence-corrected chi connectivity index (χ0v) is 5.76. The van der Waals surface area contributed by atoms with E-state index in [1.54, 1.807) is 0 Å². The maximum absolute atomic E-state index is 9.58. The summed E-state index contributed by atoms with van der Waals surface area (Å²) in [5, 5.41) is 16.4. The Kier molecular flexibility index (Phi) is 1.87. The molecule has 56 valence electrons. The van der Waals surface area contributed by atoms with Gasteiger partial charge in [0.05, 0.1) is 6.61 Å². The summed E-state index contributed by atoms with van der Waals surface area (Å²) >= 11 is 0. The van der Waals surface area contributed by atoms with Crippen molar-refractivity contribution >= 4 is 6.21 Å². The van der Waals surface area contributed by atoms with E-state index in [9.17, 15) is 5.11 Å². The Hall–Kier alpha value is -0.670. The molecule has 2 N–H and O–H groups in total. The first-order chi connectivity index (χ1) is 4.69.